The Bertz CT molecular complexity index is 760. The minimum Gasteiger partial charge on any atom is -0.308 e. The molecule has 24 heavy (non-hydrogen) atoms. The fourth-order valence-corrected chi connectivity index (χ4v) is 2.67. The number of pyridine rings is 1. The fourth-order valence-electron chi connectivity index (χ4n) is 1.49. The highest BCUT2D eigenvalue weighted by molar-refractivity contribution is 8.00. The fraction of sp³-hybridized carbons (Fsp3) is 0.231. The number of nitrogens with one attached hydrogen (secondary N) is 1. The van der Waals surface area contributed by atoms with E-state index in [0.717, 1.165) is 24.0 Å². The third kappa shape index (κ3) is 4.96. The van der Waals surface area contributed by atoms with Crippen LogP contribution in [0.25, 0.3) is 0 Å². The quantitative estimate of drug-likeness (QED) is 0.615. The summed E-state index contributed by atoms with van der Waals surface area (Å²) in [6.45, 7) is 1.49. The van der Waals surface area contributed by atoms with Crippen LogP contribution in [-0.2, 0) is 11.0 Å². The van der Waals surface area contributed by atoms with Gasteiger partial charge in [0.2, 0.25) is 5.91 Å². The molecule has 0 bridgehead atoms. The van der Waals surface area contributed by atoms with Gasteiger partial charge in [-0.25, -0.2) is 15.0 Å². The highest BCUT2D eigenvalue weighted by Gasteiger charge is 2.33. The predicted molar refractivity (Wildman–Crippen MR) is 85.2 cm³/mol. The molecule has 1 atom stereocenters. The molecule has 2 rings (SSSR count). The van der Waals surface area contributed by atoms with Gasteiger partial charge < -0.3 is 5.32 Å². The molecule has 1 N–H and O–H groups in total. The topological polar surface area (TPSA) is 67.8 Å². The molecule has 0 fully saturated rings. The van der Waals surface area contributed by atoms with E-state index in [1.54, 1.807) is 0 Å². The van der Waals surface area contributed by atoms with Gasteiger partial charge in [0, 0.05) is 12.4 Å². The highest BCUT2D eigenvalue weighted by Crippen LogP contribution is 2.29. The number of amides is 1. The lowest BCUT2D eigenvalue weighted by molar-refractivity contribution is -0.141. The molecule has 5 nitrogen and oxygen atoms in total. The molecule has 1 amide bonds. The Morgan fingerprint density at radius 1 is 1.33 bits per heavy atom. The standard InChI is InChI=1S/C13H9Cl2F3N4OS/c1-6(11(23)22-10-8(15)4-7(14)5-20-10)24-12-19-3-2-9(21-12)13(16,17)18/h2-6H,1H3,(H,20,22,23). The van der Waals surface area contributed by atoms with Crippen LogP contribution in [0.4, 0.5) is 19.0 Å². The number of anilines is 1. The maximum atomic E-state index is 12.6. The zero-order chi connectivity index (χ0) is 17.9. The van der Waals surface area contributed by atoms with E-state index in [-0.39, 0.29) is 16.0 Å². The van der Waals surface area contributed by atoms with Crippen molar-refractivity contribution < 1.29 is 18.0 Å². The molecule has 0 aliphatic heterocycles. The molecule has 2 heterocycles. The van der Waals surface area contributed by atoms with Gasteiger partial charge in [-0.2, -0.15) is 13.2 Å². The summed E-state index contributed by atoms with van der Waals surface area (Å²) in [7, 11) is 0. The SMILES string of the molecule is CC(Sc1nccc(C(F)(F)F)n1)C(=O)Nc1ncc(Cl)cc1Cl. The first-order chi connectivity index (χ1) is 11.2. The van der Waals surface area contributed by atoms with Crippen molar-refractivity contribution in [2.24, 2.45) is 0 Å². The number of nitrogens with zero attached hydrogens (tertiary/aromatic N) is 3. The monoisotopic (exact) mass is 396 g/mol. The number of rotatable bonds is 4. The van der Waals surface area contributed by atoms with Crippen LogP contribution in [0, 0.1) is 0 Å². The van der Waals surface area contributed by atoms with Crippen molar-refractivity contribution in [3.05, 3.63) is 40.3 Å². The van der Waals surface area contributed by atoms with Crippen LogP contribution in [0.5, 0.6) is 0 Å². The van der Waals surface area contributed by atoms with Crippen molar-refractivity contribution in [3.8, 4) is 0 Å². The average Bonchev–Trinajstić information content (AvgIpc) is 2.49. The zero-order valence-corrected chi connectivity index (χ0v) is 14.3. The summed E-state index contributed by atoms with van der Waals surface area (Å²) < 4.78 is 37.8. The average molecular weight is 397 g/mol. The molecule has 0 saturated heterocycles. The summed E-state index contributed by atoms with van der Waals surface area (Å²) in [5.41, 5.74) is -1.07. The number of hydrogen-bond donors (Lipinski definition) is 1. The number of carbonyl (C=O) groups is 1. The lowest BCUT2D eigenvalue weighted by Gasteiger charge is -2.12. The number of halogens is 5. The lowest BCUT2D eigenvalue weighted by Crippen LogP contribution is -2.23. The minimum absolute atomic E-state index is 0.100. The van der Waals surface area contributed by atoms with Crippen LogP contribution < -0.4 is 5.32 Å². The van der Waals surface area contributed by atoms with E-state index in [2.05, 4.69) is 20.3 Å². The van der Waals surface area contributed by atoms with Gasteiger partial charge in [0.25, 0.3) is 0 Å². The van der Waals surface area contributed by atoms with Crippen molar-refractivity contribution in [2.75, 3.05) is 5.32 Å². The second kappa shape index (κ2) is 7.54. The zero-order valence-electron chi connectivity index (χ0n) is 11.9. The first kappa shape index (κ1) is 18.8. The summed E-state index contributed by atoms with van der Waals surface area (Å²) in [4.78, 5) is 23.1. The number of aromatic nitrogens is 3. The lowest BCUT2D eigenvalue weighted by atomic mass is 10.4. The van der Waals surface area contributed by atoms with Crippen molar-refractivity contribution in [2.45, 2.75) is 23.5 Å². The van der Waals surface area contributed by atoms with E-state index in [9.17, 15) is 18.0 Å². The smallest absolute Gasteiger partial charge is 0.308 e. The number of hydrogen-bond acceptors (Lipinski definition) is 5. The van der Waals surface area contributed by atoms with Crippen LogP contribution in [0.3, 0.4) is 0 Å². The van der Waals surface area contributed by atoms with E-state index in [0.29, 0.717) is 5.02 Å². The predicted octanol–water partition coefficient (Wildman–Crippen LogP) is 4.32. The maximum absolute atomic E-state index is 12.6. The molecule has 0 aliphatic rings. The molecule has 0 saturated carbocycles. The van der Waals surface area contributed by atoms with Gasteiger partial charge in [0.15, 0.2) is 11.0 Å². The van der Waals surface area contributed by atoms with Gasteiger partial charge in [-0.3, -0.25) is 4.79 Å². The summed E-state index contributed by atoms with van der Waals surface area (Å²) in [5, 5.41) is 1.97. The van der Waals surface area contributed by atoms with Gasteiger partial charge >= 0.3 is 6.18 Å². The van der Waals surface area contributed by atoms with Gasteiger partial charge in [-0.15, -0.1) is 0 Å². The number of thioether (sulfide) groups is 1. The van der Waals surface area contributed by atoms with Gasteiger partial charge in [0.05, 0.1) is 15.3 Å². The first-order valence-electron chi connectivity index (χ1n) is 6.35. The Labute approximate surface area is 149 Å². The first-order valence-corrected chi connectivity index (χ1v) is 7.99. The Hall–Kier alpha value is -1.58. The molecule has 2 aromatic heterocycles. The molecule has 0 aromatic carbocycles. The van der Waals surface area contributed by atoms with E-state index >= 15 is 0 Å². The van der Waals surface area contributed by atoms with E-state index in [1.807, 2.05) is 0 Å². The van der Waals surface area contributed by atoms with Crippen LogP contribution >= 0.6 is 35.0 Å². The van der Waals surface area contributed by atoms with Crippen LogP contribution in [0.2, 0.25) is 10.0 Å². The Morgan fingerprint density at radius 3 is 2.67 bits per heavy atom. The van der Waals surface area contributed by atoms with Gasteiger partial charge in [0.1, 0.15) is 5.69 Å². The molecule has 128 valence electrons. The summed E-state index contributed by atoms with van der Waals surface area (Å²) in [6.07, 6.45) is -2.29. The van der Waals surface area contributed by atoms with Crippen molar-refractivity contribution in [1.29, 1.82) is 0 Å². The van der Waals surface area contributed by atoms with Gasteiger partial charge in [-0.05, 0) is 19.1 Å². The number of alkyl halides is 3. The molecule has 2 aromatic rings. The third-order valence-electron chi connectivity index (χ3n) is 2.62. The molecular formula is C13H9Cl2F3N4OS. The Balaban J connectivity index is 2.06. The molecule has 0 radical (unpaired) electrons. The molecule has 1 unspecified atom stereocenters. The largest absolute Gasteiger partial charge is 0.433 e. The minimum atomic E-state index is -4.58. The third-order valence-corrected chi connectivity index (χ3v) is 4.09. The highest BCUT2D eigenvalue weighted by atomic mass is 35.5. The van der Waals surface area contributed by atoms with Crippen LogP contribution in [0.15, 0.2) is 29.7 Å². The summed E-state index contributed by atoms with van der Waals surface area (Å²) >= 11 is 12.4. The normalized spacial score (nSPS) is 12.8. The molecule has 0 aliphatic carbocycles. The van der Waals surface area contributed by atoms with E-state index in [4.69, 9.17) is 23.2 Å². The van der Waals surface area contributed by atoms with Crippen LogP contribution in [0.1, 0.15) is 12.6 Å². The van der Waals surface area contributed by atoms with Crippen molar-refractivity contribution in [3.63, 3.8) is 0 Å². The van der Waals surface area contributed by atoms with Crippen molar-refractivity contribution >= 4 is 46.7 Å². The van der Waals surface area contributed by atoms with E-state index in [1.165, 1.54) is 19.2 Å². The second-order valence-electron chi connectivity index (χ2n) is 4.46. The van der Waals surface area contributed by atoms with Gasteiger partial charge in [-0.1, -0.05) is 35.0 Å². The Kier molecular flexibility index (Phi) is 5.89. The molecule has 11 heteroatoms. The molecule has 0 spiro atoms. The molecular weight excluding hydrogens is 388 g/mol. The summed E-state index contributed by atoms with van der Waals surface area (Å²) in [6, 6.07) is 2.16. The number of carbonyl (C=O) groups excluding carboxylic acids is 1. The summed E-state index contributed by atoms with van der Waals surface area (Å²) in [5.74, 6) is -0.416. The van der Waals surface area contributed by atoms with E-state index < -0.39 is 23.0 Å². The van der Waals surface area contributed by atoms with Crippen LogP contribution in [-0.4, -0.2) is 26.1 Å². The Morgan fingerprint density at radius 2 is 2.04 bits per heavy atom. The maximum Gasteiger partial charge on any atom is 0.433 e. The second-order valence-corrected chi connectivity index (χ2v) is 6.61. The van der Waals surface area contributed by atoms with Crippen molar-refractivity contribution in [1.82, 2.24) is 15.0 Å².